The lowest BCUT2D eigenvalue weighted by Gasteiger charge is -2.30. The van der Waals surface area contributed by atoms with Crippen LogP contribution in [0.15, 0.2) is 0 Å². The SMILES string of the molecule is CC.CC.O=C1CCC2(CC1)OCCO2. The minimum Gasteiger partial charge on any atom is -0.348 e. The third-order valence-electron chi connectivity index (χ3n) is 2.38. The summed E-state index contributed by atoms with van der Waals surface area (Å²) in [6.07, 6.45) is 2.76. The second-order valence-corrected chi connectivity index (χ2v) is 3.15. The minimum atomic E-state index is -0.367. The lowest BCUT2D eigenvalue weighted by atomic mass is 9.93. The van der Waals surface area contributed by atoms with Gasteiger partial charge in [0, 0.05) is 25.7 Å². The molecule has 0 N–H and O–H groups in total. The van der Waals surface area contributed by atoms with Gasteiger partial charge in [0.25, 0.3) is 0 Å². The van der Waals surface area contributed by atoms with Crippen LogP contribution in [0.1, 0.15) is 53.4 Å². The molecule has 1 spiro atoms. The molecule has 0 aromatic rings. The molecule has 1 aliphatic carbocycles. The topological polar surface area (TPSA) is 35.5 Å². The Labute approximate surface area is 93.1 Å². The average molecular weight is 216 g/mol. The highest BCUT2D eigenvalue weighted by Gasteiger charge is 2.39. The fourth-order valence-corrected chi connectivity index (χ4v) is 1.70. The van der Waals surface area contributed by atoms with Crippen LogP contribution in [0.2, 0.25) is 0 Å². The van der Waals surface area contributed by atoms with Gasteiger partial charge in [-0.15, -0.1) is 0 Å². The summed E-state index contributed by atoms with van der Waals surface area (Å²) in [5, 5.41) is 0. The normalized spacial score (nSPS) is 22.5. The number of ether oxygens (including phenoxy) is 2. The highest BCUT2D eigenvalue weighted by Crippen LogP contribution is 2.33. The molecule has 0 aromatic carbocycles. The lowest BCUT2D eigenvalue weighted by molar-refractivity contribution is -0.179. The first kappa shape index (κ1) is 14.6. The molecule has 1 aliphatic heterocycles. The van der Waals surface area contributed by atoms with Gasteiger partial charge in [-0.05, 0) is 0 Å². The van der Waals surface area contributed by atoms with Gasteiger partial charge in [0.15, 0.2) is 5.79 Å². The second kappa shape index (κ2) is 7.83. The van der Waals surface area contributed by atoms with Crippen LogP contribution in [-0.4, -0.2) is 24.8 Å². The van der Waals surface area contributed by atoms with Crippen LogP contribution < -0.4 is 0 Å². The molecule has 90 valence electrons. The highest BCUT2D eigenvalue weighted by atomic mass is 16.7. The number of carbonyl (C=O) groups is 1. The van der Waals surface area contributed by atoms with Gasteiger partial charge in [-0.3, -0.25) is 4.79 Å². The van der Waals surface area contributed by atoms with E-state index in [4.69, 9.17) is 9.47 Å². The summed E-state index contributed by atoms with van der Waals surface area (Å²) < 4.78 is 10.9. The number of hydrogen-bond acceptors (Lipinski definition) is 3. The average Bonchev–Trinajstić information content (AvgIpc) is 2.77. The summed E-state index contributed by atoms with van der Waals surface area (Å²) in [7, 11) is 0. The van der Waals surface area contributed by atoms with Crippen molar-refractivity contribution in [3.8, 4) is 0 Å². The van der Waals surface area contributed by atoms with E-state index in [2.05, 4.69) is 0 Å². The number of ketones is 1. The van der Waals surface area contributed by atoms with Gasteiger partial charge >= 0.3 is 0 Å². The molecule has 0 unspecified atom stereocenters. The molecular formula is C12H24O3. The Morgan fingerprint density at radius 1 is 0.933 bits per heavy atom. The summed E-state index contributed by atoms with van der Waals surface area (Å²) in [5.41, 5.74) is 0. The summed E-state index contributed by atoms with van der Waals surface area (Å²) >= 11 is 0. The fraction of sp³-hybridized carbons (Fsp3) is 0.917. The molecular weight excluding hydrogens is 192 g/mol. The van der Waals surface area contributed by atoms with Gasteiger partial charge in [-0.2, -0.15) is 0 Å². The molecule has 2 aliphatic rings. The molecule has 1 saturated heterocycles. The summed E-state index contributed by atoms with van der Waals surface area (Å²) in [6.45, 7) is 9.38. The van der Waals surface area contributed by atoms with Gasteiger partial charge in [-0.25, -0.2) is 0 Å². The molecule has 1 heterocycles. The van der Waals surface area contributed by atoms with E-state index >= 15 is 0 Å². The van der Waals surface area contributed by atoms with Gasteiger partial charge in [0.1, 0.15) is 5.78 Å². The predicted molar refractivity (Wildman–Crippen MR) is 60.8 cm³/mol. The first-order valence-corrected chi connectivity index (χ1v) is 6.10. The third kappa shape index (κ3) is 4.31. The van der Waals surface area contributed by atoms with Crippen LogP contribution in [-0.2, 0) is 14.3 Å². The van der Waals surface area contributed by atoms with Crippen molar-refractivity contribution in [1.82, 2.24) is 0 Å². The number of carbonyl (C=O) groups excluding carboxylic acids is 1. The van der Waals surface area contributed by atoms with Crippen LogP contribution in [0.4, 0.5) is 0 Å². The summed E-state index contributed by atoms with van der Waals surface area (Å²) in [6, 6.07) is 0. The van der Waals surface area contributed by atoms with Crippen LogP contribution in [0, 0.1) is 0 Å². The second-order valence-electron chi connectivity index (χ2n) is 3.15. The number of rotatable bonds is 0. The zero-order valence-electron chi connectivity index (χ0n) is 10.5. The van der Waals surface area contributed by atoms with Crippen molar-refractivity contribution >= 4 is 5.78 Å². The maximum Gasteiger partial charge on any atom is 0.169 e. The summed E-state index contributed by atoms with van der Waals surface area (Å²) in [5.74, 6) is -0.0248. The smallest absolute Gasteiger partial charge is 0.169 e. The van der Waals surface area contributed by atoms with Crippen molar-refractivity contribution < 1.29 is 14.3 Å². The molecule has 0 radical (unpaired) electrons. The van der Waals surface area contributed by atoms with E-state index < -0.39 is 0 Å². The van der Waals surface area contributed by atoms with E-state index in [1.54, 1.807) is 0 Å². The van der Waals surface area contributed by atoms with Crippen molar-refractivity contribution in [2.45, 2.75) is 59.2 Å². The zero-order chi connectivity index (χ0) is 11.7. The van der Waals surface area contributed by atoms with Crippen LogP contribution in [0.3, 0.4) is 0 Å². The van der Waals surface area contributed by atoms with Gasteiger partial charge in [-0.1, -0.05) is 27.7 Å². The van der Waals surface area contributed by atoms with E-state index in [0.717, 1.165) is 12.8 Å². The van der Waals surface area contributed by atoms with E-state index in [-0.39, 0.29) is 5.79 Å². The maximum atomic E-state index is 10.9. The predicted octanol–water partition coefficient (Wildman–Crippen LogP) is 2.93. The van der Waals surface area contributed by atoms with E-state index in [1.807, 2.05) is 27.7 Å². The molecule has 0 amide bonds. The molecule has 3 heteroatoms. The van der Waals surface area contributed by atoms with Gasteiger partial charge in [0.05, 0.1) is 13.2 Å². The molecule has 0 atom stereocenters. The maximum absolute atomic E-state index is 10.9. The number of hydrogen-bond donors (Lipinski definition) is 0. The Kier molecular flexibility index (Phi) is 7.61. The Hall–Kier alpha value is -0.410. The molecule has 1 saturated carbocycles. The van der Waals surface area contributed by atoms with Crippen molar-refractivity contribution in [3.63, 3.8) is 0 Å². The first-order chi connectivity index (χ1) is 7.31. The van der Waals surface area contributed by atoms with Crippen LogP contribution >= 0.6 is 0 Å². The molecule has 0 aromatic heterocycles. The standard InChI is InChI=1S/C8H12O3.2C2H6/c9-7-1-3-8(4-2-7)10-5-6-11-8;2*1-2/h1-6H2;2*1-2H3. The van der Waals surface area contributed by atoms with Crippen LogP contribution in [0.5, 0.6) is 0 Å². The van der Waals surface area contributed by atoms with Gasteiger partial charge < -0.3 is 9.47 Å². The third-order valence-corrected chi connectivity index (χ3v) is 2.38. The van der Waals surface area contributed by atoms with Crippen molar-refractivity contribution in [2.75, 3.05) is 13.2 Å². The van der Waals surface area contributed by atoms with Crippen molar-refractivity contribution in [3.05, 3.63) is 0 Å². The van der Waals surface area contributed by atoms with Crippen molar-refractivity contribution in [2.24, 2.45) is 0 Å². The molecule has 2 fully saturated rings. The quantitative estimate of drug-likeness (QED) is 0.624. The van der Waals surface area contributed by atoms with Crippen molar-refractivity contribution in [1.29, 1.82) is 0 Å². The Morgan fingerprint density at radius 3 is 1.73 bits per heavy atom. The molecule has 3 nitrogen and oxygen atoms in total. The monoisotopic (exact) mass is 216 g/mol. The van der Waals surface area contributed by atoms with E-state index in [1.165, 1.54) is 0 Å². The highest BCUT2D eigenvalue weighted by molar-refractivity contribution is 5.79. The Bertz CT molecular complexity index is 160. The fourth-order valence-electron chi connectivity index (χ4n) is 1.70. The van der Waals surface area contributed by atoms with Crippen LogP contribution in [0.25, 0.3) is 0 Å². The Morgan fingerprint density at radius 2 is 1.33 bits per heavy atom. The molecule has 0 bridgehead atoms. The molecule has 15 heavy (non-hydrogen) atoms. The lowest BCUT2D eigenvalue weighted by Crippen LogP contribution is -2.35. The Balaban J connectivity index is 0.000000442. The summed E-state index contributed by atoms with van der Waals surface area (Å²) in [4.78, 5) is 10.9. The minimum absolute atomic E-state index is 0.342. The zero-order valence-corrected chi connectivity index (χ0v) is 10.5. The molecule has 2 rings (SSSR count). The number of Topliss-reactive ketones (excluding diaryl/α,β-unsaturated/α-hetero) is 1. The first-order valence-electron chi connectivity index (χ1n) is 6.10. The van der Waals surface area contributed by atoms with Gasteiger partial charge in [0.2, 0.25) is 0 Å². The van der Waals surface area contributed by atoms with E-state index in [0.29, 0.717) is 31.8 Å². The van der Waals surface area contributed by atoms with E-state index in [9.17, 15) is 4.79 Å². The largest absolute Gasteiger partial charge is 0.348 e.